The van der Waals surface area contributed by atoms with Crippen LogP contribution in [0.4, 0.5) is 4.39 Å². The Morgan fingerprint density at radius 1 is 1.25 bits per heavy atom. The normalized spacial score (nSPS) is 10.7. The number of benzene rings is 2. The number of carbonyl (C=O) groups excluding carboxylic acids is 1. The molecular formula is C27H24ClFN6O. The molecule has 0 aliphatic heterocycles. The van der Waals surface area contributed by atoms with Gasteiger partial charge in [0.1, 0.15) is 11.9 Å². The predicted molar refractivity (Wildman–Crippen MR) is 138 cm³/mol. The quantitative estimate of drug-likeness (QED) is 0.313. The Bertz CT molecular complexity index is 1610. The minimum Gasteiger partial charge on any atom is -0.361 e. The van der Waals surface area contributed by atoms with E-state index in [-0.39, 0.29) is 17.8 Å². The van der Waals surface area contributed by atoms with Crippen molar-refractivity contribution in [2.24, 2.45) is 0 Å². The molecule has 0 saturated carbocycles. The summed E-state index contributed by atoms with van der Waals surface area (Å²) in [5.74, 6) is -0.917. The molecule has 1 amide bonds. The van der Waals surface area contributed by atoms with Crippen molar-refractivity contribution in [3.05, 3.63) is 93.8 Å². The molecule has 3 heterocycles. The van der Waals surface area contributed by atoms with Crippen molar-refractivity contribution in [2.45, 2.75) is 33.9 Å². The van der Waals surface area contributed by atoms with Gasteiger partial charge in [-0.25, -0.2) is 4.39 Å². The van der Waals surface area contributed by atoms with Crippen LogP contribution in [-0.4, -0.2) is 25.7 Å². The maximum atomic E-state index is 14.5. The first-order valence-electron chi connectivity index (χ1n) is 11.5. The zero-order valence-electron chi connectivity index (χ0n) is 20.1. The highest BCUT2D eigenvalue weighted by atomic mass is 35.5. The van der Waals surface area contributed by atoms with Crippen molar-refractivity contribution in [3.63, 3.8) is 0 Å². The number of H-pyrrole nitrogens is 1. The smallest absolute Gasteiger partial charge is 0.256 e. The summed E-state index contributed by atoms with van der Waals surface area (Å²) in [5.41, 5.74) is 3.90. The van der Waals surface area contributed by atoms with Gasteiger partial charge in [0.05, 0.1) is 22.6 Å². The van der Waals surface area contributed by atoms with E-state index in [1.54, 1.807) is 18.5 Å². The van der Waals surface area contributed by atoms with Crippen LogP contribution >= 0.6 is 11.6 Å². The van der Waals surface area contributed by atoms with Gasteiger partial charge in [-0.1, -0.05) is 31.5 Å². The van der Waals surface area contributed by atoms with Gasteiger partial charge in [-0.2, -0.15) is 10.4 Å². The molecule has 0 radical (unpaired) electrons. The van der Waals surface area contributed by atoms with Crippen LogP contribution in [0.25, 0.3) is 21.8 Å². The molecule has 2 N–H and O–H groups in total. The van der Waals surface area contributed by atoms with Gasteiger partial charge in [0.15, 0.2) is 5.69 Å². The maximum Gasteiger partial charge on any atom is 0.256 e. The van der Waals surface area contributed by atoms with Crippen LogP contribution in [0, 0.1) is 24.1 Å². The van der Waals surface area contributed by atoms with Crippen LogP contribution in [0.3, 0.4) is 0 Å². The predicted octanol–water partition coefficient (Wildman–Crippen LogP) is 5.89. The molecule has 0 aliphatic rings. The third kappa shape index (κ3) is 5.07. The number of rotatable bonds is 5. The molecule has 2 aromatic carbocycles. The van der Waals surface area contributed by atoms with E-state index in [0.29, 0.717) is 22.6 Å². The Hall–Kier alpha value is -4.22. The molecule has 0 fully saturated rings. The maximum absolute atomic E-state index is 14.5. The van der Waals surface area contributed by atoms with Gasteiger partial charge in [0.25, 0.3) is 5.91 Å². The number of fused-ring (bicyclic) bond motifs is 2. The molecule has 5 aromatic rings. The third-order valence-corrected chi connectivity index (χ3v) is 5.87. The number of hydrogen-bond acceptors (Lipinski definition) is 4. The van der Waals surface area contributed by atoms with Crippen LogP contribution in [0.15, 0.2) is 55.0 Å². The topological polar surface area (TPSA) is 99.4 Å². The number of pyridine rings is 1. The summed E-state index contributed by atoms with van der Waals surface area (Å²) in [7, 11) is 0. The molecule has 9 heteroatoms. The summed E-state index contributed by atoms with van der Waals surface area (Å²) in [6, 6.07) is 12.6. The highest BCUT2D eigenvalue weighted by Gasteiger charge is 2.17. The lowest BCUT2D eigenvalue weighted by Gasteiger charge is -2.07. The number of carbonyl (C=O) groups is 1. The molecule has 0 saturated heterocycles. The van der Waals surface area contributed by atoms with Gasteiger partial charge in [-0.3, -0.25) is 14.5 Å². The molecule has 36 heavy (non-hydrogen) atoms. The van der Waals surface area contributed by atoms with Crippen molar-refractivity contribution in [1.82, 2.24) is 25.1 Å². The van der Waals surface area contributed by atoms with E-state index in [9.17, 15) is 14.4 Å². The van der Waals surface area contributed by atoms with E-state index in [1.807, 2.05) is 51.1 Å². The fraction of sp³-hybridized carbons (Fsp3) is 0.185. The number of hydrogen-bond donors (Lipinski definition) is 2. The van der Waals surface area contributed by atoms with E-state index >= 15 is 0 Å². The first-order valence-corrected chi connectivity index (χ1v) is 11.8. The summed E-state index contributed by atoms with van der Waals surface area (Å²) in [5, 5.41) is 18.7. The summed E-state index contributed by atoms with van der Waals surface area (Å²) in [6.07, 6.45) is 4.91. The van der Waals surface area contributed by atoms with Crippen LogP contribution < -0.4 is 5.32 Å². The van der Waals surface area contributed by atoms with Gasteiger partial charge in [-0.05, 0) is 48.4 Å². The SMILES string of the molecule is CC.Cc1c[nH]c2cc(F)c(CNC(=O)c3cn(Cc4ccc5ncc(Cl)cc5c4)nc3C#N)cc12. The molecule has 0 unspecified atom stereocenters. The Morgan fingerprint density at radius 2 is 2.06 bits per heavy atom. The van der Waals surface area contributed by atoms with Gasteiger partial charge in [0.2, 0.25) is 0 Å². The summed E-state index contributed by atoms with van der Waals surface area (Å²) in [6.45, 7) is 6.26. The van der Waals surface area contributed by atoms with Gasteiger partial charge in [-0.15, -0.1) is 0 Å². The number of aromatic nitrogens is 4. The fourth-order valence-electron chi connectivity index (χ4n) is 3.92. The average Bonchev–Trinajstić information content (AvgIpc) is 3.46. The lowest BCUT2D eigenvalue weighted by atomic mass is 10.1. The molecule has 5 rings (SSSR count). The van der Waals surface area contributed by atoms with E-state index in [0.717, 1.165) is 27.4 Å². The highest BCUT2D eigenvalue weighted by Crippen LogP contribution is 2.22. The monoisotopic (exact) mass is 502 g/mol. The first kappa shape index (κ1) is 24.9. The largest absolute Gasteiger partial charge is 0.361 e. The number of nitrogens with zero attached hydrogens (tertiary/aromatic N) is 4. The van der Waals surface area contributed by atoms with Gasteiger partial charge >= 0.3 is 0 Å². The summed E-state index contributed by atoms with van der Waals surface area (Å²) < 4.78 is 16.0. The van der Waals surface area contributed by atoms with Gasteiger partial charge in [0, 0.05) is 47.0 Å². The van der Waals surface area contributed by atoms with Crippen LogP contribution in [0.5, 0.6) is 0 Å². The molecule has 0 aliphatic carbocycles. The second-order valence-electron chi connectivity index (χ2n) is 8.02. The van der Waals surface area contributed by atoms with Crippen molar-refractivity contribution in [2.75, 3.05) is 0 Å². The van der Waals surface area contributed by atoms with Crippen LogP contribution in [0.1, 0.15) is 46.6 Å². The Morgan fingerprint density at radius 3 is 2.83 bits per heavy atom. The average molecular weight is 503 g/mol. The van der Waals surface area contributed by atoms with Gasteiger partial charge < -0.3 is 10.3 Å². The number of amides is 1. The lowest BCUT2D eigenvalue weighted by Crippen LogP contribution is -2.23. The standard InChI is InChI=1S/C25H18ClFN6O.C2H6/c1-14-9-29-23-7-21(27)17(6-19(14)23)10-31-25(34)20-13-33(32-24(20)8-28)12-15-2-3-22-16(4-15)5-18(26)11-30-22;1-2/h2-7,9,11,13,29H,10,12H2,1H3,(H,31,34);1-2H3. The van der Waals surface area contributed by atoms with Crippen molar-refractivity contribution in [3.8, 4) is 6.07 Å². The lowest BCUT2D eigenvalue weighted by molar-refractivity contribution is 0.0950. The molecule has 0 atom stereocenters. The Kier molecular flexibility index (Phi) is 7.32. The molecule has 0 bridgehead atoms. The number of aryl methyl sites for hydroxylation is 1. The Balaban J connectivity index is 0.00000148. The summed E-state index contributed by atoms with van der Waals surface area (Å²) >= 11 is 6.04. The third-order valence-electron chi connectivity index (χ3n) is 5.66. The number of aromatic amines is 1. The fourth-order valence-corrected chi connectivity index (χ4v) is 4.09. The Labute approximate surface area is 212 Å². The zero-order valence-corrected chi connectivity index (χ0v) is 20.8. The minimum atomic E-state index is -0.498. The van der Waals surface area contributed by atoms with Crippen molar-refractivity contribution >= 4 is 39.3 Å². The second-order valence-corrected chi connectivity index (χ2v) is 8.46. The molecular weight excluding hydrogens is 479 g/mol. The first-order chi connectivity index (χ1) is 17.4. The van der Waals surface area contributed by atoms with E-state index in [1.165, 1.54) is 16.9 Å². The second kappa shape index (κ2) is 10.6. The van der Waals surface area contributed by atoms with Crippen molar-refractivity contribution < 1.29 is 9.18 Å². The van der Waals surface area contributed by atoms with E-state index in [2.05, 4.69) is 20.4 Å². The molecule has 3 aromatic heterocycles. The minimum absolute atomic E-state index is 0.000373. The van der Waals surface area contributed by atoms with E-state index < -0.39 is 11.7 Å². The highest BCUT2D eigenvalue weighted by molar-refractivity contribution is 6.31. The van der Waals surface area contributed by atoms with Crippen LogP contribution in [0.2, 0.25) is 5.02 Å². The summed E-state index contributed by atoms with van der Waals surface area (Å²) in [4.78, 5) is 20.1. The molecule has 0 spiro atoms. The van der Waals surface area contributed by atoms with Crippen LogP contribution in [-0.2, 0) is 13.1 Å². The number of halogens is 2. The number of nitrogens with one attached hydrogen (secondary N) is 2. The molecule has 182 valence electrons. The molecule has 7 nitrogen and oxygen atoms in total. The van der Waals surface area contributed by atoms with Crippen molar-refractivity contribution in [1.29, 1.82) is 5.26 Å². The zero-order chi connectivity index (χ0) is 25.8. The number of nitriles is 1. The van der Waals surface area contributed by atoms with E-state index in [4.69, 9.17) is 11.6 Å².